The molecule has 1 aliphatic rings. The second kappa shape index (κ2) is 7.95. The summed E-state index contributed by atoms with van der Waals surface area (Å²) < 4.78 is 7.20. The number of amides is 2. The summed E-state index contributed by atoms with van der Waals surface area (Å²) in [6.45, 7) is 5.15. The Labute approximate surface area is 169 Å². The summed E-state index contributed by atoms with van der Waals surface area (Å²) in [5, 5.41) is 7.61. The minimum atomic E-state index is -0.345. The van der Waals surface area contributed by atoms with Crippen molar-refractivity contribution in [1.29, 1.82) is 0 Å². The molecule has 1 saturated heterocycles. The van der Waals surface area contributed by atoms with E-state index in [1.807, 2.05) is 54.9 Å². The highest BCUT2D eigenvalue weighted by molar-refractivity contribution is 5.89. The molecule has 0 saturated carbocycles. The van der Waals surface area contributed by atoms with Crippen LogP contribution in [-0.4, -0.2) is 33.0 Å². The van der Waals surface area contributed by atoms with E-state index in [-0.39, 0.29) is 24.2 Å². The van der Waals surface area contributed by atoms with E-state index < -0.39 is 0 Å². The van der Waals surface area contributed by atoms with Gasteiger partial charge in [-0.15, -0.1) is 0 Å². The number of aryl methyl sites for hydroxylation is 1. The molecule has 0 radical (unpaired) electrons. The zero-order chi connectivity index (χ0) is 20.4. The maximum atomic E-state index is 12.7. The second-order valence-corrected chi connectivity index (χ2v) is 7.37. The van der Waals surface area contributed by atoms with E-state index >= 15 is 0 Å². The number of rotatable bonds is 6. The smallest absolute Gasteiger partial charge is 0.225 e. The number of hydrogen-bond acceptors (Lipinski definition) is 4. The molecule has 1 aliphatic heterocycles. The Morgan fingerprint density at radius 1 is 1.21 bits per heavy atom. The van der Waals surface area contributed by atoms with E-state index in [2.05, 4.69) is 10.4 Å². The van der Waals surface area contributed by atoms with E-state index in [0.29, 0.717) is 19.6 Å². The fourth-order valence-corrected chi connectivity index (χ4v) is 3.76. The molecule has 1 unspecified atom stereocenters. The predicted molar refractivity (Wildman–Crippen MR) is 107 cm³/mol. The van der Waals surface area contributed by atoms with Gasteiger partial charge in [0, 0.05) is 30.8 Å². The molecule has 2 aromatic heterocycles. The zero-order valence-electron chi connectivity index (χ0n) is 16.6. The summed E-state index contributed by atoms with van der Waals surface area (Å²) in [5.41, 5.74) is 3.86. The van der Waals surface area contributed by atoms with Gasteiger partial charge in [-0.1, -0.05) is 18.2 Å². The highest BCUT2D eigenvalue weighted by Crippen LogP contribution is 2.22. The highest BCUT2D eigenvalue weighted by atomic mass is 16.3. The van der Waals surface area contributed by atoms with Crippen molar-refractivity contribution < 1.29 is 14.0 Å². The average Bonchev–Trinajstić information content (AvgIpc) is 3.43. The number of para-hydroxylation sites is 1. The van der Waals surface area contributed by atoms with Crippen molar-refractivity contribution in [3.8, 4) is 5.69 Å². The molecule has 2 amide bonds. The largest absolute Gasteiger partial charge is 0.467 e. The summed E-state index contributed by atoms with van der Waals surface area (Å²) in [6.07, 6.45) is 1.81. The van der Waals surface area contributed by atoms with E-state index in [9.17, 15) is 9.59 Å². The lowest BCUT2D eigenvalue weighted by Crippen LogP contribution is -2.32. The van der Waals surface area contributed by atoms with Gasteiger partial charge in [0.1, 0.15) is 5.76 Å². The normalized spacial score (nSPS) is 16.4. The number of likely N-dealkylation sites (tertiary alicyclic amines) is 1. The number of nitrogens with zero attached hydrogens (tertiary/aromatic N) is 3. The number of hydrogen-bond donors (Lipinski definition) is 1. The second-order valence-electron chi connectivity index (χ2n) is 7.37. The van der Waals surface area contributed by atoms with Crippen molar-refractivity contribution in [2.75, 3.05) is 6.54 Å². The minimum Gasteiger partial charge on any atom is -0.467 e. The first kappa shape index (κ1) is 19.0. The van der Waals surface area contributed by atoms with Crippen molar-refractivity contribution in [1.82, 2.24) is 20.0 Å². The average molecular weight is 392 g/mol. The fraction of sp³-hybridized carbons (Fsp3) is 0.318. The first-order chi connectivity index (χ1) is 14.0. The highest BCUT2D eigenvalue weighted by Gasteiger charge is 2.34. The summed E-state index contributed by atoms with van der Waals surface area (Å²) in [4.78, 5) is 26.6. The number of furan rings is 1. The summed E-state index contributed by atoms with van der Waals surface area (Å²) in [7, 11) is 0. The Morgan fingerprint density at radius 3 is 2.72 bits per heavy atom. The third-order valence-corrected chi connectivity index (χ3v) is 5.39. The van der Waals surface area contributed by atoms with Gasteiger partial charge in [-0.25, -0.2) is 4.68 Å². The predicted octanol–water partition coefficient (Wildman–Crippen LogP) is 2.75. The van der Waals surface area contributed by atoms with Crippen LogP contribution in [-0.2, 0) is 22.7 Å². The topological polar surface area (TPSA) is 80.4 Å². The molecule has 1 aromatic carbocycles. The van der Waals surface area contributed by atoms with Crippen LogP contribution in [0.3, 0.4) is 0 Å². The lowest BCUT2D eigenvalue weighted by atomic mass is 10.1. The molecular weight excluding hydrogens is 368 g/mol. The molecule has 4 rings (SSSR count). The van der Waals surface area contributed by atoms with Gasteiger partial charge in [0.15, 0.2) is 0 Å². The Hall–Kier alpha value is -3.35. The van der Waals surface area contributed by atoms with Crippen molar-refractivity contribution in [3.05, 3.63) is 71.4 Å². The maximum Gasteiger partial charge on any atom is 0.225 e. The van der Waals surface area contributed by atoms with Crippen LogP contribution >= 0.6 is 0 Å². The van der Waals surface area contributed by atoms with Gasteiger partial charge >= 0.3 is 0 Å². The monoisotopic (exact) mass is 392 g/mol. The molecule has 7 nitrogen and oxygen atoms in total. The van der Waals surface area contributed by atoms with Gasteiger partial charge in [0.2, 0.25) is 11.8 Å². The van der Waals surface area contributed by atoms with E-state index in [1.54, 1.807) is 17.2 Å². The molecule has 150 valence electrons. The first-order valence-corrected chi connectivity index (χ1v) is 9.71. The Kier molecular flexibility index (Phi) is 5.20. The molecule has 0 spiro atoms. The van der Waals surface area contributed by atoms with Crippen LogP contribution in [0.1, 0.15) is 29.1 Å². The third kappa shape index (κ3) is 3.94. The van der Waals surface area contributed by atoms with Crippen molar-refractivity contribution in [3.63, 3.8) is 0 Å². The summed E-state index contributed by atoms with van der Waals surface area (Å²) in [5.74, 6) is 0.249. The molecule has 0 aliphatic carbocycles. The van der Waals surface area contributed by atoms with Gasteiger partial charge in [0.05, 0.1) is 30.1 Å². The molecule has 1 N–H and O–H groups in total. The van der Waals surface area contributed by atoms with Crippen LogP contribution in [0, 0.1) is 19.8 Å². The Morgan fingerprint density at radius 2 is 2.00 bits per heavy atom. The number of carbonyl (C=O) groups excluding carboxylic acids is 2. The number of aromatic nitrogens is 2. The van der Waals surface area contributed by atoms with Gasteiger partial charge in [-0.3, -0.25) is 9.59 Å². The number of carbonyl (C=O) groups is 2. The van der Waals surface area contributed by atoms with E-state index in [0.717, 1.165) is 28.4 Å². The quantitative estimate of drug-likeness (QED) is 0.699. The van der Waals surface area contributed by atoms with Gasteiger partial charge in [0.25, 0.3) is 0 Å². The fourth-order valence-electron chi connectivity index (χ4n) is 3.76. The summed E-state index contributed by atoms with van der Waals surface area (Å²) >= 11 is 0. The van der Waals surface area contributed by atoms with E-state index in [1.165, 1.54) is 0 Å². The molecule has 3 aromatic rings. The molecule has 3 heterocycles. The van der Waals surface area contributed by atoms with Crippen LogP contribution in [0.2, 0.25) is 0 Å². The molecular formula is C22H24N4O3. The minimum absolute atomic E-state index is 0.0224. The molecule has 7 heteroatoms. The third-order valence-electron chi connectivity index (χ3n) is 5.39. The summed E-state index contributed by atoms with van der Waals surface area (Å²) in [6, 6.07) is 13.5. The van der Waals surface area contributed by atoms with Crippen molar-refractivity contribution in [2.24, 2.45) is 5.92 Å². The Balaban J connectivity index is 1.39. The van der Waals surface area contributed by atoms with Crippen molar-refractivity contribution >= 4 is 11.8 Å². The van der Waals surface area contributed by atoms with Crippen LogP contribution < -0.4 is 5.32 Å². The lowest BCUT2D eigenvalue weighted by Gasteiger charge is -2.15. The number of benzene rings is 1. The maximum absolute atomic E-state index is 12.7. The van der Waals surface area contributed by atoms with E-state index in [4.69, 9.17) is 4.42 Å². The van der Waals surface area contributed by atoms with Gasteiger partial charge in [-0.2, -0.15) is 5.10 Å². The van der Waals surface area contributed by atoms with Gasteiger partial charge in [-0.05, 0) is 38.1 Å². The SMILES string of the molecule is Cc1nn(-c2ccccc2)c(C)c1CNC(=O)C1CC(=O)N(Cc2ccco2)C1. The van der Waals surface area contributed by atoms with Crippen LogP contribution in [0.5, 0.6) is 0 Å². The molecule has 1 atom stereocenters. The van der Waals surface area contributed by atoms with Gasteiger partial charge < -0.3 is 14.6 Å². The standard InChI is InChI=1S/C22H24N4O3/c1-15-20(16(2)26(24-15)18-7-4-3-5-8-18)12-23-22(28)17-11-21(27)25(13-17)14-19-9-6-10-29-19/h3-10,17H,11-14H2,1-2H3,(H,23,28). The van der Waals surface area contributed by atoms with Crippen LogP contribution in [0.15, 0.2) is 53.1 Å². The molecule has 29 heavy (non-hydrogen) atoms. The van der Waals surface area contributed by atoms with Crippen LogP contribution in [0.4, 0.5) is 0 Å². The lowest BCUT2D eigenvalue weighted by molar-refractivity contribution is -0.129. The zero-order valence-corrected chi connectivity index (χ0v) is 16.6. The Bertz CT molecular complexity index is 1010. The number of nitrogens with one attached hydrogen (secondary N) is 1. The molecule has 1 fully saturated rings. The van der Waals surface area contributed by atoms with Crippen LogP contribution in [0.25, 0.3) is 5.69 Å². The molecule has 0 bridgehead atoms. The first-order valence-electron chi connectivity index (χ1n) is 9.71. The van der Waals surface area contributed by atoms with Crippen molar-refractivity contribution in [2.45, 2.75) is 33.4 Å².